The van der Waals surface area contributed by atoms with E-state index in [1.165, 1.54) is 24.4 Å². The van der Waals surface area contributed by atoms with Gasteiger partial charge in [-0.2, -0.15) is 0 Å². The summed E-state index contributed by atoms with van der Waals surface area (Å²) in [5.41, 5.74) is 12.1. The standard InChI is InChI=1S/C19H18ClN7O2/c20-15-11-12(27(28)29)5-6-13(15)19-25-16-4-2-1-3-14(16)18(26-19)24-10-9-23-17(22)7-8-21/h1-8,11H,9-10,21H2,(H2,22,23)(H,24,25,26). The molecular weight excluding hydrogens is 394 g/mol. The van der Waals surface area contributed by atoms with Gasteiger partial charge in [0.2, 0.25) is 0 Å². The average molecular weight is 412 g/mol. The van der Waals surface area contributed by atoms with Crippen molar-refractivity contribution in [1.29, 1.82) is 0 Å². The number of non-ortho nitro benzene ring substituents is 1. The van der Waals surface area contributed by atoms with E-state index in [0.717, 1.165) is 5.39 Å². The Balaban J connectivity index is 1.94. The maximum atomic E-state index is 10.9. The highest BCUT2D eigenvalue weighted by Gasteiger charge is 2.15. The molecule has 0 amide bonds. The molecule has 0 bridgehead atoms. The predicted octanol–water partition coefficient (Wildman–Crippen LogP) is 3.10. The van der Waals surface area contributed by atoms with E-state index in [2.05, 4.69) is 20.3 Å². The lowest BCUT2D eigenvalue weighted by molar-refractivity contribution is -0.384. The van der Waals surface area contributed by atoms with E-state index >= 15 is 0 Å². The van der Waals surface area contributed by atoms with Gasteiger partial charge in [-0.05, 0) is 30.5 Å². The summed E-state index contributed by atoms with van der Waals surface area (Å²) >= 11 is 6.25. The number of benzene rings is 2. The summed E-state index contributed by atoms with van der Waals surface area (Å²) in [5.74, 6) is 1.29. The van der Waals surface area contributed by atoms with Crippen LogP contribution < -0.4 is 16.8 Å². The molecule has 2 aromatic carbocycles. The maximum absolute atomic E-state index is 10.9. The van der Waals surface area contributed by atoms with Gasteiger partial charge < -0.3 is 16.8 Å². The van der Waals surface area contributed by atoms with Gasteiger partial charge in [0.05, 0.1) is 22.0 Å². The van der Waals surface area contributed by atoms with Crippen molar-refractivity contribution >= 4 is 39.8 Å². The number of aliphatic imine (C=N–C) groups is 1. The van der Waals surface area contributed by atoms with E-state index in [1.54, 1.807) is 6.07 Å². The van der Waals surface area contributed by atoms with Gasteiger partial charge in [0.1, 0.15) is 11.7 Å². The summed E-state index contributed by atoms with van der Waals surface area (Å²) in [7, 11) is 0. The highest BCUT2D eigenvalue weighted by Crippen LogP contribution is 2.31. The Morgan fingerprint density at radius 1 is 1.28 bits per heavy atom. The van der Waals surface area contributed by atoms with Gasteiger partial charge in [0, 0.05) is 29.6 Å². The van der Waals surface area contributed by atoms with Gasteiger partial charge in [-0.25, -0.2) is 9.97 Å². The molecule has 0 aliphatic carbocycles. The number of hydrogen-bond acceptors (Lipinski definition) is 7. The number of hydrogen-bond donors (Lipinski definition) is 3. The molecule has 0 fully saturated rings. The second kappa shape index (κ2) is 8.98. The number of nitrogens with two attached hydrogens (primary N) is 2. The van der Waals surface area contributed by atoms with Crippen molar-refractivity contribution in [2.24, 2.45) is 16.5 Å². The molecule has 148 valence electrons. The molecule has 0 aliphatic heterocycles. The van der Waals surface area contributed by atoms with Crippen LogP contribution in [0.15, 0.2) is 59.7 Å². The molecule has 0 aliphatic rings. The SMILES string of the molecule is NC=CC(N)=NCCNc1nc(-c2ccc([N+](=O)[O-])cc2Cl)nc2ccccc12. The largest absolute Gasteiger partial charge is 0.404 e. The van der Waals surface area contributed by atoms with Crippen LogP contribution in [0, 0.1) is 10.1 Å². The molecule has 0 unspecified atom stereocenters. The monoisotopic (exact) mass is 411 g/mol. The average Bonchev–Trinajstić information content (AvgIpc) is 2.71. The highest BCUT2D eigenvalue weighted by atomic mass is 35.5. The number of anilines is 1. The van der Waals surface area contributed by atoms with Gasteiger partial charge in [-0.1, -0.05) is 23.7 Å². The van der Waals surface area contributed by atoms with E-state index in [0.29, 0.717) is 41.6 Å². The Labute approximate surface area is 171 Å². The second-order valence-electron chi connectivity index (χ2n) is 5.93. The summed E-state index contributed by atoms with van der Waals surface area (Å²) in [4.78, 5) is 23.7. The van der Waals surface area contributed by atoms with Crippen LogP contribution in [0.2, 0.25) is 5.02 Å². The minimum absolute atomic E-state index is 0.0973. The molecule has 0 saturated heterocycles. The predicted molar refractivity (Wildman–Crippen MR) is 115 cm³/mol. The van der Waals surface area contributed by atoms with Crippen molar-refractivity contribution in [1.82, 2.24) is 9.97 Å². The topological polar surface area (TPSA) is 145 Å². The van der Waals surface area contributed by atoms with E-state index in [1.807, 2.05) is 24.3 Å². The van der Waals surface area contributed by atoms with Gasteiger partial charge >= 0.3 is 0 Å². The minimum atomic E-state index is -0.504. The van der Waals surface area contributed by atoms with Crippen LogP contribution in [0.3, 0.4) is 0 Å². The van der Waals surface area contributed by atoms with Crippen LogP contribution in [-0.2, 0) is 0 Å². The summed E-state index contributed by atoms with van der Waals surface area (Å²) in [6.07, 6.45) is 2.83. The number of rotatable bonds is 7. The molecule has 0 atom stereocenters. The van der Waals surface area contributed by atoms with Crippen molar-refractivity contribution in [2.45, 2.75) is 0 Å². The molecule has 5 N–H and O–H groups in total. The fourth-order valence-electron chi connectivity index (χ4n) is 2.64. The quantitative estimate of drug-likeness (QED) is 0.178. The number of nitrogens with zero attached hydrogens (tertiary/aromatic N) is 4. The van der Waals surface area contributed by atoms with E-state index in [-0.39, 0.29) is 10.7 Å². The van der Waals surface area contributed by atoms with Crippen molar-refractivity contribution < 1.29 is 4.92 Å². The van der Waals surface area contributed by atoms with Crippen LogP contribution in [0.25, 0.3) is 22.3 Å². The Morgan fingerprint density at radius 3 is 2.79 bits per heavy atom. The van der Waals surface area contributed by atoms with Crippen LogP contribution in [-0.4, -0.2) is 33.8 Å². The van der Waals surface area contributed by atoms with Gasteiger partial charge in [0.25, 0.3) is 5.69 Å². The first kappa shape index (κ1) is 20.0. The van der Waals surface area contributed by atoms with Crippen LogP contribution >= 0.6 is 11.6 Å². The van der Waals surface area contributed by atoms with Crippen LogP contribution in [0.1, 0.15) is 0 Å². The first-order valence-electron chi connectivity index (χ1n) is 8.62. The summed E-state index contributed by atoms with van der Waals surface area (Å²) in [5, 5.41) is 15.2. The molecule has 3 aromatic rings. The third-order valence-corrected chi connectivity index (χ3v) is 4.29. The molecule has 9 nitrogen and oxygen atoms in total. The number of halogens is 1. The van der Waals surface area contributed by atoms with Crippen molar-refractivity contribution in [2.75, 3.05) is 18.4 Å². The Kier molecular flexibility index (Phi) is 6.20. The van der Waals surface area contributed by atoms with Crippen molar-refractivity contribution in [3.05, 3.63) is 69.9 Å². The summed E-state index contributed by atoms with van der Waals surface area (Å²) in [6, 6.07) is 11.7. The van der Waals surface area contributed by atoms with Crippen molar-refractivity contribution in [3.8, 4) is 11.4 Å². The lowest BCUT2D eigenvalue weighted by Crippen LogP contribution is -2.13. The molecule has 1 aromatic heterocycles. The molecule has 1 heterocycles. The summed E-state index contributed by atoms with van der Waals surface area (Å²) < 4.78 is 0. The molecule has 0 spiro atoms. The molecule has 0 saturated carbocycles. The van der Waals surface area contributed by atoms with Crippen molar-refractivity contribution in [3.63, 3.8) is 0 Å². The Bertz CT molecular complexity index is 1110. The first-order chi connectivity index (χ1) is 14.0. The van der Waals surface area contributed by atoms with Gasteiger partial charge in [0.15, 0.2) is 5.82 Å². The minimum Gasteiger partial charge on any atom is -0.404 e. The fourth-order valence-corrected chi connectivity index (χ4v) is 2.90. The number of nitrogens with one attached hydrogen (secondary N) is 1. The summed E-state index contributed by atoms with van der Waals surface area (Å²) in [6.45, 7) is 0.898. The number of amidine groups is 1. The number of para-hydroxylation sites is 1. The Hall–Kier alpha value is -3.72. The number of aromatic nitrogens is 2. The lowest BCUT2D eigenvalue weighted by Gasteiger charge is -2.11. The van der Waals surface area contributed by atoms with Gasteiger partial charge in [-0.15, -0.1) is 0 Å². The molecule has 10 heteroatoms. The van der Waals surface area contributed by atoms with Gasteiger partial charge in [-0.3, -0.25) is 15.1 Å². The smallest absolute Gasteiger partial charge is 0.270 e. The Morgan fingerprint density at radius 2 is 2.07 bits per heavy atom. The fraction of sp³-hybridized carbons (Fsp3) is 0.105. The van der Waals surface area contributed by atoms with E-state index < -0.39 is 4.92 Å². The third-order valence-electron chi connectivity index (χ3n) is 3.97. The normalized spacial score (nSPS) is 11.8. The molecule has 0 radical (unpaired) electrons. The van der Waals surface area contributed by atoms with E-state index in [9.17, 15) is 10.1 Å². The van der Waals surface area contributed by atoms with Crippen LogP contribution in [0.4, 0.5) is 11.5 Å². The number of fused-ring (bicyclic) bond motifs is 1. The highest BCUT2D eigenvalue weighted by molar-refractivity contribution is 6.33. The zero-order valence-electron chi connectivity index (χ0n) is 15.2. The number of nitro benzene ring substituents is 1. The maximum Gasteiger partial charge on any atom is 0.270 e. The van der Waals surface area contributed by atoms with E-state index in [4.69, 9.17) is 23.1 Å². The zero-order valence-corrected chi connectivity index (χ0v) is 16.0. The zero-order chi connectivity index (χ0) is 20.8. The second-order valence-corrected chi connectivity index (χ2v) is 6.33. The third kappa shape index (κ3) is 4.77. The number of nitro groups is 1. The molecule has 29 heavy (non-hydrogen) atoms. The molecular formula is C19H18ClN7O2. The first-order valence-corrected chi connectivity index (χ1v) is 9.00. The lowest BCUT2D eigenvalue weighted by atomic mass is 10.1. The van der Waals surface area contributed by atoms with Crippen LogP contribution in [0.5, 0.6) is 0 Å². The molecule has 3 rings (SSSR count).